The first-order valence-electron chi connectivity index (χ1n) is 5.68. The Balaban J connectivity index is 2.44. The summed E-state index contributed by atoms with van der Waals surface area (Å²) < 4.78 is 13.4. The van der Waals surface area contributed by atoms with Gasteiger partial charge in [-0.05, 0) is 35.4 Å². The number of hydrogen-bond donors (Lipinski definition) is 1. The molecule has 1 N–H and O–H groups in total. The van der Waals surface area contributed by atoms with Crippen LogP contribution in [0, 0.1) is 11.7 Å². The van der Waals surface area contributed by atoms with Crippen molar-refractivity contribution in [1.29, 1.82) is 0 Å². The molecule has 1 rings (SSSR count). The SMILES string of the molecule is CC(C)CSCC(O)Cc1cc(Cl)ccc1F. The van der Waals surface area contributed by atoms with Gasteiger partial charge in [0, 0.05) is 17.2 Å². The Bertz CT molecular complexity index is 357. The highest BCUT2D eigenvalue weighted by atomic mass is 35.5. The van der Waals surface area contributed by atoms with Gasteiger partial charge in [0.1, 0.15) is 5.82 Å². The van der Waals surface area contributed by atoms with Crippen molar-refractivity contribution in [1.82, 2.24) is 0 Å². The van der Waals surface area contributed by atoms with Gasteiger partial charge in [0.15, 0.2) is 0 Å². The van der Waals surface area contributed by atoms with Crippen LogP contribution in [-0.2, 0) is 6.42 Å². The average molecular weight is 277 g/mol. The second kappa shape index (κ2) is 7.24. The average Bonchev–Trinajstić information content (AvgIpc) is 2.23. The first kappa shape index (κ1) is 14.8. The molecule has 1 aromatic rings. The maximum atomic E-state index is 13.4. The van der Waals surface area contributed by atoms with E-state index in [4.69, 9.17) is 11.6 Å². The lowest BCUT2D eigenvalue weighted by atomic mass is 10.1. The number of benzene rings is 1. The Labute approximate surface area is 111 Å². The minimum atomic E-state index is -0.522. The van der Waals surface area contributed by atoms with Crippen LogP contribution in [0.5, 0.6) is 0 Å². The van der Waals surface area contributed by atoms with Crippen molar-refractivity contribution in [3.8, 4) is 0 Å². The summed E-state index contributed by atoms with van der Waals surface area (Å²) in [5.41, 5.74) is 0.482. The molecule has 1 atom stereocenters. The molecule has 96 valence electrons. The fourth-order valence-corrected chi connectivity index (χ4v) is 2.64. The molecule has 0 saturated carbocycles. The first-order valence-corrected chi connectivity index (χ1v) is 7.22. The van der Waals surface area contributed by atoms with Crippen LogP contribution < -0.4 is 0 Å². The van der Waals surface area contributed by atoms with Crippen LogP contribution in [0.15, 0.2) is 18.2 Å². The molecule has 0 heterocycles. The van der Waals surface area contributed by atoms with Crippen LogP contribution >= 0.6 is 23.4 Å². The van der Waals surface area contributed by atoms with Gasteiger partial charge >= 0.3 is 0 Å². The highest BCUT2D eigenvalue weighted by molar-refractivity contribution is 7.99. The highest BCUT2D eigenvalue weighted by Gasteiger charge is 2.10. The lowest BCUT2D eigenvalue weighted by Gasteiger charge is -2.12. The smallest absolute Gasteiger partial charge is 0.126 e. The minimum absolute atomic E-state index is 0.303. The van der Waals surface area contributed by atoms with Crippen molar-refractivity contribution in [3.63, 3.8) is 0 Å². The molecule has 1 unspecified atom stereocenters. The summed E-state index contributed by atoms with van der Waals surface area (Å²) in [5.74, 6) is 1.94. The fourth-order valence-electron chi connectivity index (χ4n) is 1.45. The predicted molar refractivity (Wildman–Crippen MR) is 73.3 cm³/mol. The Morgan fingerprint density at radius 2 is 2.06 bits per heavy atom. The molecule has 0 amide bonds. The van der Waals surface area contributed by atoms with Gasteiger partial charge < -0.3 is 5.11 Å². The minimum Gasteiger partial charge on any atom is -0.392 e. The summed E-state index contributed by atoms with van der Waals surface area (Å²) in [6, 6.07) is 4.43. The largest absolute Gasteiger partial charge is 0.392 e. The summed E-state index contributed by atoms with van der Waals surface area (Å²) in [4.78, 5) is 0. The van der Waals surface area contributed by atoms with Crippen molar-refractivity contribution < 1.29 is 9.50 Å². The van der Waals surface area contributed by atoms with Crippen molar-refractivity contribution in [2.75, 3.05) is 11.5 Å². The Kier molecular flexibility index (Phi) is 6.31. The maximum Gasteiger partial charge on any atom is 0.126 e. The monoisotopic (exact) mass is 276 g/mol. The maximum absolute atomic E-state index is 13.4. The van der Waals surface area contributed by atoms with Crippen LogP contribution in [-0.4, -0.2) is 22.7 Å². The van der Waals surface area contributed by atoms with E-state index in [9.17, 15) is 9.50 Å². The molecule has 17 heavy (non-hydrogen) atoms. The number of halogens is 2. The van der Waals surface area contributed by atoms with Crippen LogP contribution in [0.3, 0.4) is 0 Å². The summed E-state index contributed by atoms with van der Waals surface area (Å²) in [6.45, 7) is 4.27. The van der Waals surface area contributed by atoms with Crippen molar-refractivity contribution >= 4 is 23.4 Å². The number of aliphatic hydroxyl groups is 1. The predicted octanol–water partition coefficient (Wildman–Crippen LogP) is 3.77. The van der Waals surface area contributed by atoms with Crippen LogP contribution in [0.1, 0.15) is 19.4 Å². The number of hydrogen-bond acceptors (Lipinski definition) is 2. The zero-order chi connectivity index (χ0) is 12.8. The molecule has 1 nitrogen and oxygen atoms in total. The van der Waals surface area contributed by atoms with Gasteiger partial charge in [-0.25, -0.2) is 4.39 Å². The lowest BCUT2D eigenvalue weighted by molar-refractivity contribution is 0.198. The zero-order valence-corrected chi connectivity index (χ0v) is 11.7. The summed E-state index contributed by atoms with van der Waals surface area (Å²) in [7, 11) is 0. The lowest BCUT2D eigenvalue weighted by Crippen LogP contribution is -2.15. The van der Waals surface area contributed by atoms with E-state index >= 15 is 0 Å². The van der Waals surface area contributed by atoms with Gasteiger partial charge in [-0.2, -0.15) is 11.8 Å². The van der Waals surface area contributed by atoms with Crippen molar-refractivity contribution in [3.05, 3.63) is 34.6 Å². The van der Waals surface area contributed by atoms with E-state index in [1.165, 1.54) is 12.1 Å². The highest BCUT2D eigenvalue weighted by Crippen LogP contribution is 2.18. The van der Waals surface area contributed by atoms with Crippen LogP contribution in [0.2, 0.25) is 5.02 Å². The topological polar surface area (TPSA) is 20.2 Å². The molecular weight excluding hydrogens is 259 g/mol. The van der Waals surface area contributed by atoms with Gasteiger partial charge in [-0.3, -0.25) is 0 Å². The second-order valence-electron chi connectivity index (χ2n) is 4.52. The second-order valence-corrected chi connectivity index (χ2v) is 6.04. The van der Waals surface area contributed by atoms with Gasteiger partial charge in [0.05, 0.1) is 6.10 Å². The van der Waals surface area contributed by atoms with Gasteiger partial charge in [0.2, 0.25) is 0 Å². The molecule has 0 fully saturated rings. The summed E-state index contributed by atoms with van der Waals surface area (Å²) >= 11 is 7.49. The van der Waals surface area contributed by atoms with Crippen molar-refractivity contribution in [2.45, 2.75) is 26.4 Å². The van der Waals surface area contributed by atoms with Crippen LogP contribution in [0.4, 0.5) is 4.39 Å². The first-order chi connectivity index (χ1) is 7.99. The van der Waals surface area contributed by atoms with Gasteiger partial charge in [-0.1, -0.05) is 25.4 Å². The molecule has 1 aromatic carbocycles. The van der Waals surface area contributed by atoms with E-state index in [0.717, 1.165) is 5.75 Å². The standard InChI is InChI=1S/C13H18ClFOS/c1-9(2)7-17-8-12(16)6-10-5-11(14)3-4-13(10)15/h3-5,9,12,16H,6-8H2,1-2H3. The quantitative estimate of drug-likeness (QED) is 0.853. The Hall–Kier alpha value is -0.250. The summed E-state index contributed by atoms with van der Waals surface area (Å²) in [6.07, 6.45) is -0.205. The molecule has 0 bridgehead atoms. The van der Waals surface area contributed by atoms with E-state index in [0.29, 0.717) is 28.7 Å². The number of rotatable bonds is 6. The Morgan fingerprint density at radius 3 is 2.71 bits per heavy atom. The molecule has 4 heteroatoms. The normalized spacial score (nSPS) is 13.1. The third kappa shape index (κ3) is 5.75. The number of thioether (sulfide) groups is 1. The fraction of sp³-hybridized carbons (Fsp3) is 0.538. The van der Waals surface area contributed by atoms with Crippen LogP contribution in [0.25, 0.3) is 0 Å². The summed E-state index contributed by atoms with van der Waals surface area (Å²) in [5, 5.41) is 10.3. The Morgan fingerprint density at radius 1 is 1.35 bits per heavy atom. The molecule has 0 radical (unpaired) electrons. The molecule has 0 aliphatic rings. The number of aliphatic hydroxyl groups excluding tert-OH is 1. The molecule has 0 spiro atoms. The van der Waals surface area contributed by atoms with E-state index in [1.807, 2.05) is 0 Å². The molecule has 0 saturated heterocycles. The molecular formula is C13H18ClFOS. The zero-order valence-electron chi connectivity index (χ0n) is 10.1. The van der Waals surface area contributed by atoms with E-state index in [2.05, 4.69) is 13.8 Å². The third-order valence-electron chi connectivity index (χ3n) is 2.22. The van der Waals surface area contributed by atoms with Crippen molar-refractivity contribution in [2.24, 2.45) is 5.92 Å². The molecule has 0 aliphatic carbocycles. The van der Waals surface area contributed by atoms with E-state index in [1.54, 1.807) is 17.8 Å². The van der Waals surface area contributed by atoms with Gasteiger partial charge in [-0.15, -0.1) is 0 Å². The molecule has 0 aliphatic heterocycles. The van der Waals surface area contributed by atoms with E-state index < -0.39 is 6.10 Å². The van der Waals surface area contributed by atoms with Gasteiger partial charge in [0.25, 0.3) is 0 Å². The third-order valence-corrected chi connectivity index (χ3v) is 3.98. The van der Waals surface area contributed by atoms with E-state index in [-0.39, 0.29) is 5.82 Å². The molecule has 0 aromatic heterocycles.